The molecule has 0 aliphatic carbocycles. The molecule has 0 radical (unpaired) electrons. The Hall–Kier alpha value is -1.65. The van der Waals surface area contributed by atoms with Gasteiger partial charge in [0, 0.05) is 25.8 Å². The van der Waals surface area contributed by atoms with Crippen LogP contribution in [0.5, 0.6) is 0 Å². The first-order valence-corrected chi connectivity index (χ1v) is 5.91. The summed E-state index contributed by atoms with van der Waals surface area (Å²) in [7, 11) is 2.01. The molecule has 0 aliphatic heterocycles. The third-order valence-electron chi connectivity index (χ3n) is 2.55. The quantitative estimate of drug-likeness (QED) is 0.721. The lowest BCUT2D eigenvalue weighted by Gasteiger charge is -2.15. The van der Waals surface area contributed by atoms with Crippen molar-refractivity contribution in [1.29, 1.82) is 0 Å². The van der Waals surface area contributed by atoms with Crippen molar-refractivity contribution in [2.24, 2.45) is 0 Å². The maximum absolute atomic E-state index is 10.4. The summed E-state index contributed by atoms with van der Waals surface area (Å²) in [6.45, 7) is 1.89. The van der Waals surface area contributed by atoms with Crippen molar-refractivity contribution >= 4 is 12.0 Å². The van der Waals surface area contributed by atoms with E-state index < -0.39 is 5.97 Å². The van der Waals surface area contributed by atoms with Crippen LogP contribution in [0.1, 0.15) is 17.5 Å². The zero-order chi connectivity index (χ0) is 13.4. The fourth-order valence-corrected chi connectivity index (χ4v) is 1.63. The molecule has 2 N–H and O–H groups in total. The third-order valence-corrected chi connectivity index (χ3v) is 2.55. The van der Waals surface area contributed by atoms with Crippen LogP contribution in [0.4, 0.5) is 0 Å². The van der Waals surface area contributed by atoms with Gasteiger partial charge >= 0.3 is 5.97 Å². The van der Waals surface area contributed by atoms with E-state index in [2.05, 4.69) is 4.90 Å². The van der Waals surface area contributed by atoms with Gasteiger partial charge in [0.25, 0.3) is 0 Å². The minimum absolute atomic E-state index is 0.212. The summed E-state index contributed by atoms with van der Waals surface area (Å²) in [4.78, 5) is 12.5. The lowest BCUT2D eigenvalue weighted by atomic mass is 10.1. The monoisotopic (exact) mass is 249 g/mol. The molecule has 98 valence electrons. The van der Waals surface area contributed by atoms with Crippen molar-refractivity contribution in [2.45, 2.75) is 13.0 Å². The summed E-state index contributed by atoms with van der Waals surface area (Å²) in [5, 5.41) is 17.3. The van der Waals surface area contributed by atoms with E-state index >= 15 is 0 Å². The Morgan fingerprint density at radius 2 is 2.00 bits per heavy atom. The molecule has 4 nitrogen and oxygen atoms in total. The van der Waals surface area contributed by atoms with Crippen LogP contribution < -0.4 is 0 Å². The topological polar surface area (TPSA) is 60.8 Å². The first-order valence-electron chi connectivity index (χ1n) is 5.91. The highest BCUT2D eigenvalue weighted by Gasteiger charge is 1.99. The van der Waals surface area contributed by atoms with Gasteiger partial charge in [-0.25, -0.2) is 4.79 Å². The number of nitrogens with zero attached hydrogens (tertiary/aromatic N) is 1. The second-order valence-electron chi connectivity index (χ2n) is 4.23. The Balaban J connectivity index is 2.52. The molecular formula is C14H19NO3. The van der Waals surface area contributed by atoms with Crippen LogP contribution in [0.2, 0.25) is 0 Å². The van der Waals surface area contributed by atoms with E-state index in [0.29, 0.717) is 0 Å². The van der Waals surface area contributed by atoms with Gasteiger partial charge in [0.05, 0.1) is 0 Å². The van der Waals surface area contributed by atoms with Crippen molar-refractivity contribution in [3.63, 3.8) is 0 Å². The largest absolute Gasteiger partial charge is 0.478 e. The van der Waals surface area contributed by atoms with Crippen molar-refractivity contribution in [1.82, 2.24) is 4.90 Å². The molecule has 1 aromatic rings. The molecule has 0 heterocycles. The molecule has 4 heteroatoms. The van der Waals surface area contributed by atoms with E-state index in [4.69, 9.17) is 10.2 Å². The SMILES string of the molecule is CN(CCCO)Cc1ccc(/C=C/C(=O)O)cc1. The fraction of sp³-hybridized carbons (Fsp3) is 0.357. The smallest absolute Gasteiger partial charge is 0.328 e. The molecule has 1 aromatic carbocycles. The molecule has 1 rings (SSSR count). The molecule has 0 atom stereocenters. The second kappa shape index (κ2) is 7.63. The minimum Gasteiger partial charge on any atom is -0.478 e. The molecular weight excluding hydrogens is 230 g/mol. The summed E-state index contributed by atoms with van der Waals surface area (Å²) in [6, 6.07) is 7.76. The number of aliphatic hydroxyl groups is 1. The van der Waals surface area contributed by atoms with E-state index in [-0.39, 0.29) is 6.61 Å². The number of aliphatic carboxylic acids is 1. The van der Waals surface area contributed by atoms with E-state index in [1.165, 1.54) is 5.56 Å². The zero-order valence-corrected chi connectivity index (χ0v) is 10.5. The number of rotatable bonds is 7. The average Bonchev–Trinajstić information content (AvgIpc) is 2.35. The van der Waals surface area contributed by atoms with Crippen LogP contribution in [0, 0.1) is 0 Å². The Bertz CT molecular complexity index is 398. The molecule has 0 aliphatic rings. The molecule has 0 unspecified atom stereocenters. The number of hydrogen-bond donors (Lipinski definition) is 2. The summed E-state index contributed by atoms with van der Waals surface area (Å²) >= 11 is 0. The molecule has 0 spiro atoms. The van der Waals surface area contributed by atoms with Crippen molar-refractivity contribution in [3.8, 4) is 0 Å². The first kappa shape index (κ1) is 14.4. The molecule has 0 fully saturated rings. The zero-order valence-electron chi connectivity index (χ0n) is 10.5. The van der Waals surface area contributed by atoms with Crippen LogP contribution in [-0.4, -0.2) is 41.3 Å². The van der Waals surface area contributed by atoms with Gasteiger partial charge in [-0.1, -0.05) is 24.3 Å². The van der Waals surface area contributed by atoms with Gasteiger partial charge < -0.3 is 15.1 Å². The third kappa shape index (κ3) is 5.61. The average molecular weight is 249 g/mol. The minimum atomic E-state index is -0.942. The Kier molecular flexibility index (Phi) is 6.11. The van der Waals surface area contributed by atoms with Gasteiger partial charge in [0.2, 0.25) is 0 Å². The Morgan fingerprint density at radius 1 is 1.33 bits per heavy atom. The highest BCUT2D eigenvalue weighted by molar-refractivity contribution is 5.85. The summed E-state index contributed by atoms with van der Waals surface area (Å²) < 4.78 is 0. The van der Waals surface area contributed by atoms with Crippen LogP contribution in [0.15, 0.2) is 30.3 Å². The number of carboxylic acid groups (broad SMARTS) is 1. The summed E-state index contributed by atoms with van der Waals surface area (Å²) in [5.41, 5.74) is 2.04. The van der Waals surface area contributed by atoms with Crippen molar-refractivity contribution in [2.75, 3.05) is 20.2 Å². The maximum Gasteiger partial charge on any atom is 0.328 e. The van der Waals surface area contributed by atoms with Crippen LogP contribution in [-0.2, 0) is 11.3 Å². The number of carboxylic acids is 1. The van der Waals surface area contributed by atoms with E-state index in [0.717, 1.165) is 31.1 Å². The van der Waals surface area contributed by atoms with Gasteiger partial charge in [-0.3, -0.25) is 0 Å². The first-order chi connectivity index (χ1) is 8.61. The van der Waals surface area contributed by atoms with Crippen LogP contribution in [0.25, 0.3) is 6.08 Å². The molecule has 0 amide bonds. The van der Waals surface area contributed by atoms with Crippen molar-refractivity contribution < 1.29 is 15.0 Å². The van der Waals surface area contributed by atoms with Gasteiger partial charge in [0.15, 0.2) is 0 Å². The number of carbonyl (C=O) groups is 1. The summed E-state index contributed by atoms with van der Waals surface area (Å²) in [5.74, 6) is -0.942. The lowest BCUT2D eigenvalue weighted by molar-refractivity contribution is -0.131. The van der Waals surface area contributed by atoms with Gasteiger partial charge in [0.1, 0.15) is 0 Å². The Morgan fingerprint density at radius 3 is 2.56 bits per heavy atom. The van der Waals surface area contributed by atoms with Crippen molar-refractivity contribution in [3.05, 3.63) is 41.5 Å². The highest BCUT2D eigenvalue weighted by atomic mass is 16.4. The van der Waals surface area contributed by atoms with Crippen LogP contribution in [0.3, 0.4) is 0 Å². The molecule has 0 aromatic heterocycles. The van der Waals surface area contributed by atoms with E-state index in [9.17, 15) is 4.79 Å². The molecule has 18 heavy (non-hydrogen) atoms. The van der Waals surface area contributed by atoms with E-state index in [1.54, 1.807) is 6.08 Å². The molecule has 0 saturated heterocycles. The number of hydrogen-bond acceptors (Lipinski definition) is 3. The molecule has 0 saturated carbocycles. The van der Waals surface area contributed by atoms with Gasteiger partial charge in [-0.2, -0.15) is 0 Å². The number of aliphatic hydroxyl groups excluding tert-OH is 1. The van der Waals surface area contributed by atoms with Gasteiger partial charge in [-0.05, 0) is 30.7 Å². The maximum atomic E-state index is 10.4. The predicted molar refractivity (Wildman–Crippen MR) is 71.1 cm³/mol. The van der Waals surface area contributed by atoms with E-state index in [1.807, 2.05) is 31.3 Å². The normalized spacial score (nSPS) is 11.3. The molecule has 0 bridgehead atoms. The number of benzene rings is 1. The predicted octanol–water partition coefficient (Wildman–Crippen LogP) is 1.60. The highest BCUT2D eigenvalue weighted by Crippen LogP contribution is 2.08. The van der Waals surface area contributed by atoms with Crippen LogP contribution >= 0.6 is 0 Å². The lowest BCUT2D eigenvalue weighted by Crippen LogP contribution is -2.19. The second-order valence-corrected chi connectivity index (χ2v) is 4.23. The Labute approximate surface area is 107 Å². The summed E-state index contributed by atoms with van der Waals surface area (Å²) in [6.07, 6.45) is 3.47. The van der Waals surface area contributed by atoms with Gasteiger partial charge in [-0.15, -0.1) is 0 Å². The standard InChI is InChI=1S/C14H19NO3/c1-15(9-2-10-16)11-13-5-3-12(4-6-13)7-8-14(17)18/h3-8,16H,2,9-11H2,1H3,(H,17,18)/b8-7+. The fourth-order valence-electron chi connectivity index (χ4n) is 1.63.